The molecule has 0 atom stereocenters. The Kier molecular flexibility index (Phi) is 5.51. The maximum absolute atomic E-state index is 12.7. The van der Waals surface area contributed by atoms with Gasteiger partial charge in [-0.3, -0.25) is 14.6 Å². The molecule has 1 saturated heterocycles. The predicted octanol–water partition coefficient (Wildman–Crippen LogP) is 4.35. The van der Waals surface area contributed by atoms with E-state index in [9.17, 15) is 4.79 Å². The zero-order chi connectivity index (χ0) is 18.4. The van der Waals surface area contributed by atoms with Crippen molar-refractivity contribution in [2.75, 3.05) is 13.6 Å². The Morgan fingerprint density at radius 3 is 1.70 bits per heavy atom. The minimum Gasteiger partial charge on any atom is -0.298 e. The van der Waals surface area contributed by atoms with E-state index in [1.54, 1.807) is 0 Å². The monoisotopic (exact) mass is 324 g/mol. The van der Waals surface area contributed by atoms with E-state index in [0.29, 0.717) is 18.4 Å². The molecule has 0 spiro atoms. The van der Waals surface area contributed by atoms with Crippen molar-refractivity contribution in [1.29, 1.82) is 0 Å². The van der Waals surface area contributed by atoms with Crippen LogP contribution in [0.1, 0.15) is 82.1 Å². The van der Waals surface area contributed by atoms with Crippen molar-refractivity contribution in [2.24, 2.45) is 5.41 Å². The molecule has 0 saturated carbocycles. The lowest BCUT2D eigenvalue weighted by Crippen LogP contribution is -2.65. The highest BCUT2D eigenvalue weighted by molar-refractivity contribution is 5.85. The van der Waals surface area contributed by atoms with Gasteiger partial charge in [0.05, 0.1) is 6.54 Å². The van der Waals surface area contributed by atoms with Crippen LogP contribution in [0.5, 0.6) is 0 Å². The molecule has 23 heavy (non-hydrogen) atoms. The molecule has 0 amide bonds. The van der Waals surface area contributed by atoms with Gasteiger partial charge in [0.15, 0.2) is 5.78 Å². The number of nitrogens with zero attached hydrogens (tertiary/aromatic N) is 2. The number of likely N-dealkylation sites (tertiary alicyclic amines) is 1. The maximum atomic E-state index is 12.7. The van der Waals surface area contributed by atoms with Crippen molar-refractivity contribution >= 4 is 5.78 Å². The molecule has 0 aliphatic carbocycles. The molecule has 0 radical (unpaired) electrons. The van der Waals surface area contributed by atoms with E-state index >= 15 is 0 Å². The Balaban J connectivity index is 3.12. The number of rotatable bonds is 3. The van der Waals surface area contributed by atoms with Crippen molar-refractivity contribution < 1.29 is 4.79 Å². The van der Waals surface area contributed by atoms with Gasteiger partial charge in [-0.2, -0.15) is 0 Å². The molecule has 0 N–H and O–H groups in total. The third kappa shape index (κ3) is 4.79. The minimum absolute atomic E-state index is 0.00630. The van der Waals surface area contributed by atoms with E-state index in [2.05, 4.69) is 65.3 Å². The Labute approximate surface area is 144 Å². The van der Waals surface area contributed by atoms with Crippen molar-refractivity contribution in [3.05, 3.63) is 0 Å². The Morgan fingerprint density at radius 2 is 1.39 bits per heavy atom. The number of carbonyl (C=O) groups excluding carboxylic acids is 1. The summed E-state index contributed by atoms with van der Waals surface area (Å²) in [4.78, 5) is 17.7. The van der Waals surface area contributed by atoms with Crippen LogP contribution >= 0.6 is 0 Å². The molecule has 0 aromatic carbocycles. The molecule has 3 heteroatoms. The minimum atomic E-state index is -0.278. The third-order valence-corrected chi connectivity index (χ3v) is 5.74. The van der Waals surface area contributed by atoms with E-state index in [4.69, 9.17) is 0 Å². The van der Waals surface area contributed by atoms with E-state index in [1.807, 2.05) is 20.8 Å². The van der Waals surface area contributed by atoms with Crippen molar-refractivity contribution in [3.8, 4) is 0 Å². The first-order chi connectivity index (χ1) is 9.98. The second-order valence-electron chi connectivity index (χ2n) is 10.7. The molecule has 3 nitrogen and oxygen atoms in total. The van der Waals surface area contributed by atoms with E-state index < -0.39 is 0 Å². The van der Waals surface area contributed by atoms with Gasteiger partial charge in [-0.05, 0) is 68.4 Å². The third-order valence-electron chi connectivity index (χ3n) is 5.74. The fourth-order valence-corrected chi connectivity index (χ4v) is 3.84. The lowest BCUT2D eigenvalue weighted by molar-refractivity contribution is -0.132. The second kappa shape index (κ2) is 6.15. The zero-order valence-electron chi connectivity index (χ0n) is 17.5. The van der Waals surface area contributed by atoms with Gasteiger partial charge < -0.3 is 0 Å². The molecule has 0 bridgehead atoms. The SMILES string of the molecule is CN1C(C)(C)CC(N(CC(=O)C(C)(C)C)C(C)(C)C)CC1(C)C. The molecule has 1 fully saturated rings. The molecule has 0 aromatic heterocycles. The standard InChI is InChI=1S/C20H40N2O/c1-17(2,3)16(23)14-22(18(4,5)6)15-12-19(7,8)21(11)20(9,10)13-15/h15H,12-14H2,1-11H3. The predicted molar refractivity (Wildman–Crippen MR) is 99.9 cm³/mol. The van der Waals surface area contributed by atoms with Gasteiger partial charge in [0.25, 0.3) is 0 Å². The zero-order valence-corrected chi connectivity index (χ0v) is 17.5. The highest BCUT2D eigenvalue weighted by atomic mass is 16.1. The topological polar surface area (TPSA) is 23.6 Å². The molecule has 1 aliphatic heterocycles. The van der Waals surface area contributed by atoms with Crippen LogP contribution in [0.3, 0.4) is 0 Å². The largest absolute Gasteiger partial charge is 0.298 e. The summed E-state index contributed by atoms with van der Waals surface area (Å²) < 4.78 is 0. The number of hydrogen-bond donors (Lipinski definition) is 0. The Bertz CT molecular complexity index is 420. The normalized spacial score (nSPS) is 23.3. The first kappa shape index (κ1) is 20.6. The first-order valence-electron chi connectivity index (χ1n) is 9.02. The lowest BCUT2D eigenvalue weighted by Gasteiger charge is -2.57. The number of Topliss-reactive ketones (excluding diaryl/α,β-unsaturated/α-hetero) is 1. The Morgan fingerprint density at radius 1 is 1.00 bits per heavy atom. The summed E-state index contributed by atoms with van der Waals surface area (Å²) in [5.74, 6) is 0.335. The van der Waals surface area contributed by atoms with Gasteiger partial charge in [0.1, 0.15) is 0 Å². The van der Waals surface area contributed by atoms with Crippen molar-refractivity contribution in [3.63, 3.8) is 0 Å². The maximum Gasteiger partial charge on any atom is 0.152 e. The summed E-state index contributed by atoms with van der Waals surface area (Å²) in [6, 6.07) is 0.433. The number of hydrogen-bond acceptors (Lipinski definition) is 3. The molecular weight excluding hydrogens is 284 g/mol. The van der Waals surface area contributed by atoms with Crippen molar-refractivity contribution in [2.45, 2.75) is 105 Å². The number of ketones is 1. The summed E-state index contributed by atoms with van der Waals surface area (Å²) in [5, 5.41) is 0. The molecule has 1 rings (SSSR count). The van der Waals surface area contributed by atoms with E-state index in [1.165, 1.54) is 0 Å². The van der Waals surface area contributed by atoms with Crippen LogP contribution in [0.4, 0.5) is 0 Å². The summed E-state index contributed by atoms with van der Waals surface area (Å²) in [6.45, 7) is 22.6. The van der Waals surface area contributed by atoms with E-state index in [0.717, 1.165) is 12.8 Å². The van der Waals surface area contributed by atoms with Crippen LogP contribution in [0, 0.1) is 5.41 Å². The van der Waals surface area contributed by atoms with Gasteiger partial charge in [0.2, 0.25) is 0 Å². The van der Waals surface area contributed by atoms with Crippen LogP contribution in [-0.2, 0) is 4.79 Å². The van der Waals surface area contributed by atoms with Crippen LogP contribution in [0.15, 0.2) is 0 Å². The molecular formula is C20H40N2O. The van der Waals surface area contributed by atoms with Gasteiger partial charge in [-0.1, -0.05) is 20.8 Å². The summed E-state index contributed by atoms with van der Waals surface area (Å²) >= 11 is 0. The lowest BCUT2D eigenvalue weighted by atomic mass is 9.75. The van der Waals surface area contributed by atoms with Crippen LogP contribution in [-0.4, -0.2) is 51.8 Å². The second-order valence-corrected chi connectivity index (χ2v) is 10.7. The van der Waals surface area contributed by atoms with Gasteiger partial charge in [0, 0.05) is 28.1 Å². The summed E-state index contributed by atoms with van der Waals surface area (Å²) in [7, 11) is 2.23. The van der Waals surface area contributed by atoms with Gasteiger partial charge >= 0.3 is 0 Å². The molecule has 0 unspecified atom stereocenters. The summed E-state index contributed by atoms with van der Waals surface area (Å²) in [5.41, 5.74) is -0.00492. The Hall–Kier alpha value is -0.410. The highest BCUT2D eigenvalue weighted by Gasteiger charge is 2.47. The highest BCUT2D eigenvalue weighted by Crippen LogP contribution is 2.40. The average molecular weight is 325 g/mol. The first-order valence-corrected chi connectivity index (χ1v) is 9.02. The van der Waals surface area contributed by atoms with Gasteiger partial charge in [-0.15, -0.1) is 0 Å². The van der Waals surface area contributed by atoms with Crippen LogP contribution in [0.25, 0.3) is 0 Å². The van der Waals surface area contributed by atoms with Crippen molar-refractivity contribution in [1.82, 2.24) is 9.80 Å². The fourth-order valence-electron chi connectivity index (χ4n) is 3.84. The quantitative estimate of drug-likeness (QED) is 0.771. The van der Waals surface area contributed by atoms with Crippen LogP contribution in [0.2, 0.25) is 0 Å². The summed E-state index contributed by atoms with van der Waals surface area (Å²) in [6.07, 6.45) is 2.20. The smallest absolute Gasteiger partial charge is 0.152 e. The molecule has 1 aliphatic rings. The van der Waals surface area contributed by atoms with Gasteiger partial charge in [-0.25, -0.2) is 0 Å². The fraction of sp³-hybridized carbons (Fsp3) is 0.950. The molecule has 1 heterocycles. The molecule has 136 valence electrons. The van der Waals surface area contributed by atoms with E-state index in [-0.39, 0.29) is 22.0 Å². The average Bonchev–Trinajstić information content (AvgIpc) is 2.28. The number of carbonyl (C=O) groups is 1. The number of piperidine rings is 1. The van der Waals surface area contributed by atoms with Crippen LogP contribution < -0.4 is 0 Å². The molecule has 0 aromatic rings.